The minimum Gasteiger partial charge on any atom is -0.482 e. The molecule has 1 rings (SSSR count). The van der Waals surface area contributed by atoms with Crippen LogP contribution in [0.3, 0.4) is 0 Å². The highest BCUT2D eigenvalue weighted by Crippen LogP contribution is 2.27. The van der Waals surface area contributed by atoms with Gasteiger partial charge in [-0.25, -0.2) is 13.6 Å². The number of hydrogen-bond donors (Lipinski definition) is 1. The van der Waals surface area contributed by atoms with Gasteiger partial charge in [-0.05, 0) is 6.92 Å². The van der Waals surface area contributed by atoms with Crippen LogP contribution in [0.1, 0.15) is 29.3 Å². The highest BCUT2D eigenvalue weighted by Gasteiger charge is 2.25. The molecule has 5 nitrogen and oxygen atoms in total. The maximum atomic E-state index is 12.7. The van der Waals surface area contributed by atoms with E-state index in [9.17, 15) is 18.4 Å². The standard InChI is InChI=1S/C10H11F2NO4/c1-3-17-10(15)7-5(8(11)12)4-6(14)13-9(7)16-2/h4,8H,3H2,1-2H3,(H,13,14). The number of aromatic nitrogens is 1. The number of aromatic amines is 1. The lowest BCUT2D eigenvalue weighted by Gasteiger charge is -2.11. The molecule has 0 radical (unpaired) electrons. The van der Waals surface area contributed by atoms with E-state index >= 15 is 0 Å². The summed E-state index contributed by atoms with van der Waals surface area (Å²) in [5, 5.41) is 0. The number of rotatable bonds is 4. The van der Waals surface area contributed by atoms with Gasteiger partial charge in [0.2, 0.25) is 5.88 Å². The van der Waals surface area contributed by atoms with Gasteiger partial charge in [-0.15, -0.1) is 0 Å². The smallest absolute Gasteiger partial charge is 0.344 e. The van der Waals surface area contributed by atoms with Gasteiger partial charge < -0.3 is 9.47 Å². The zero-order chi connectivity index (χ0) is 13.0. The maximum absolute atomic E-state index is 12.7. The molecule has 0 fully saturated rings. The first-order chi connectivity index (χ1) is 8.01. The second-order valence-corrected chi connectivity index (χ2v) is 3.02. The van der Waals surface area contributed by atoms with E-state index in [1.54, 1.807) is 0 Å². The van der Waals surface area contributed by atoms with Crippen LogP contribution in [0, 0.1) is 0 Å². The second kappa shape index (κ2) is 5.42. The number of hydrogen-bond acceptors (Lipinski definition) is 4. The number of methoxy groups -OCH3 is 1. The van der Waals surface area contributed by atoms with Crippen molar-refractivity contribution in [2.75, 3.05) is 13.7 Å². The molecule has 1 aromatic rings. The maximum Gasteiger partial charge on any atom is 0.344 e. The fourth-order valence-electron chi connectivity index (χ4n) is 1.29. The van der Waals surface area contributed by atoms with Gasteiger partial charge in [-0.3, -0.25) is 9.78 Å². The van der Waals surface area contributed by atoms with Crippen molar-refractivity contribution >= 4 is 5.97 Å². The number of H-pyrrole nitrogens is 1. The molecule has 0 spiro atoms. The molecular weight excluding hydrogens is 236 g/mol. The van der Waals surface area contributed by atoms with E-state index in [1.807, 2.05) is 0 Å². The number of carbonyl (C=O) groups excluding carboxylic acids is 1. The van der Waals surface area contributed by atoms with Crippen LogP contribution in [-0.4, -0.2) is 24.7 Å². The van der Waals surface area contributed by atoms with Crippen molar-refractivity contribution in [3.63, 3.8) is 0 Å². The Morgan fingerprint density at radius 2 is 2.18 bits per heavy atom. The summed E-state index contributed by atoms with van der Waals surface area (Å²) in [7, 11) is 1.16. The summed E-state index contributed by atoms with van der Waals surface area (Å²) >= 11 is 0. The van der Waals surface area contributed by atoms with Crippen LogP contribution in [0.25, 0.3) is 0 Å². The van der Waals surface area contributed by atoms with Crippen molar-refractivity contribution in [2.24, 2.45) is 0 Å². The van der Waals surface area contributed by atoms with Gasteiger partial charge in [-0.2, -0.15) is 0 Å². The van der Waals surface area contributed by atoms with Crippen molar-refractivity contribution in [1.29, 1.82) is 0 Å². The lowest BCUT2D eigenvalue weighted by atomic mass is 10.1. The summed E-state index contributed by atoms with van der Waals surface area (Å²) in [6, 6.07) is 0.652. The van der Waals surface area contributed by atoms with Crippen molar-refractivity contribution < 1.29 is 23.0 Å². The number of esters is 1. The van der Waals surface area contributed by atoms with Crippen LogP contribution >= 0.6 is 0 Å². The van der Waals surface area contributed by atoms with Crippen molar-refractivity contribution in [3.8, 4) is 5.88 Å². The Morgan fingerprint density at radius 3 is 2.65 bits per heavy atom. The van der Waals surface area contributed by atoms with Gasteiger partial charge in [0, 0.05) is 11.6 Å². The van der Waals surface area contributed by atoms with Gasteiger partial charge in [0.1, 0.15) is 5.56 Å². The molecule has 0 saturated carbocycles. The quantitative estimate of drug-likeness (QED) is 0.818. The molecule has 1 aromatic heterocycles. The van der Waals surface area contributed by atoms with Gasteiger partial charge >= 0.3 is 5.97 Å². The summed E-state index contributed by atoms with van der Waals surface area (Å²) in [5.74, 6) is -1.29. The third-order valence-electron chi connectivity index (χ3n) is 1.96. The molecule has 0 aliphatic heterocycles. The lowest BCUT2D eigenvalue weighted by Crippen LogP contribution is -2.17. The highest BCUT2D eigenvalue weighted by molar-refractivity contribution is 5.93. The Hall–Kier alpha value is -1.92. The molecule has 94 valence electrons. The van der Waals surface area contributed by atoms with Crippen LogP contribution in [0.15, 0.2) is 10.9 Å². The van der Waals surface area contributed by atoms with E-state index in [0.29, 0.717) is 6.07 Å². The first kappa shape index (κ1) is 13.1. The summed E-state index contributed by atoms with van der Waals surface area (Å²) in [4.78, 5) is 24.7. The molecule has 7 heteroatoms. The number of nitrogens with one attached hydrogen (secondary N) is 1. The summed E-state index contributed by atoms with van der Waals surface area (Å²) in [5.41, 5.74) is -1.93. The Balaban J connectivity index is 3.41. The van der Waals surface area contributed by atoms with Crippen molar-refractivity contribution in [1.82, 2.24) is 4.98 Å². The predicted octanol–water partition coefficient (Wildman–Crippen LogP) is 1.50. The van der Waals surface area contributed by atoms with E-state index in [2.05, 4.69) is 9.72 Å². The Morgan fingerprint density at radius 1 is 1.53 bits per heavy atom. The highest BCUT2D eigenvalue weighted by atomic mass is 19.3. The molecule has 1 heterocycles. The average molecular weight is 247 g/mol. The fraction of sp³-hybridized carbons (Fsp3) is 0.400. The number of alkyl halides is 2. The normalized spacial score (nSPS) is 10.4. The van der Waals surface area contributed by atoms with Crippen molar-refractivity contribution in [3.05, 3.63) is 27.5 Å². The van der Waals surface area contributed by atoms with E-state index < -0.39 is 29.1 Å². The molecule has 1 N–H and O–H groups in total. The van der Waals surface area contributed by atoms with Crippen LogP contribution in [0.4, 0.5) is 8.78 Å². The fourth-order valence-corrected chi connectivity index (χ4v) is 1.29. The summed E-state index contributed by atoms with van der Waals surface area (Å²) in [6.07, 6.45) is -2.97. The third kappa shape index (κ3) is 2.80. The Kier molecular flexibility index (Phi) is 4.19. The largest absolute Gasteiger partial charge is 0.482 e. The van der Waals surface area contributed by atoms with Crippen LogP contribution < -0.4 is 10.3 Å². The van der Waals surface area contributed by atoms with Crippen molar-refractivity contribution in [2.45, 2.75) is 13.3 Å². The van der Waals surface area contributed by atoms with E-state index in [4.69, 9.17) is 4.74 Å². The van der Waals surface area contributed by atoms with Gasteiger partial charge in [-0.1, -0.05) is 0 Å². The summed E-state index contributed by atoms with van der Waals surface area (Å²) in [6.45, 7) is 1.57. The number of ether oxygens (including phenoxy) is 2. The molecule has 0 atom stereocenters. The zero-order valence-corrected chi connectivity index (χ0v) is 9.25. The topological polar surface area (TPSA) is 68.4 Å². The zero-order valence-electron chi connectivity index (χ0n) is 9.25. The first-order valence-electron chi connectivity index (χ1n) is 4.77. The molecule has 0 amide bonds. The molecule has 0 aliphatic rings. The molecule has 0 unspecified atom stereocenters. The minimum atomic E-state index is -2.97. The number of carbonyl (C=O) groups is 1. The Bertz CT molecular complexity index is 470. The predicted molar refractivity (Wildman–Crippen MR) is 54.5 cm³/mol. The van der Waals surface area contributed by atoms with Gasteiger partial charge in [0.15, 0.2) is 0 Å². The molecule has 0 saturated heterocycles. The van der Waals surface area contributed by atoms with Gasteiger partial charge in [0.25, 0.3) is 12.0 Å². The average Bonchev–Trinajstić information content (AvgIpc) is 2.27. The third-order valence-corrected chi connectivity index (χ3v) is 1.96. The lowest BCUT2D eigenvalue weighted by molar-refractivity contribution is 0.0510. The molecule has 0 aromatic carbocycles. The van der Waals surface area contributed by atoms with Crippen LogP contribution in [0.5, 0.6) is 5.88 Å². The minimum absolute atomic E-state index is 0.0315. The first-order valence-corrected chi connectivity index (χ1v) is 4.77. The monoisotopic (exact) mass is 247 g/mol. The molecular formula is C10H11F2NO4. The van der Waals surface area contributed by atoms with Crippen LogP contribution in [-0.2, 0) is 4.74 Å². The SMILES string of the molecule is CCOC(=O)c1c(C(F)F)cc(=O)[nH]c1OC. The van der Waals surface area contributed by atoms with E-state index in [-0.39, 0.29) is 12.5 Å². The van der Waals surface area contributed by atoms with E-state index in [1.165, 1.54) is 6.92 Å². The van der Waals surface area contributed by atoms with E-state index in [0.717, 1.165) is 7.11 Å². The second-order valence-electron chi connectivity index (χ2n) is 3.02. The molecule has 0 bridgehead atoms. The molecule has 0 aliphatic carbocycles. The van der Waals surface area contributed by atoms with Gasteiger partial charge in [0.05, 0.1) is 13.7 Å². The van der Waals surface area contributed by atoms with Crippen LogP contribution in [0.2, 0.25) is 0 Å². The summed E-state index contributed by atoms with van der Waals surface area (Å²) < 4.78 is 34.7. The Labute approximate surface area is 95.4 Å². The number of pyridine rings is 1. The number of halogens is 2. The molecule has 17 heavy (non-hydrogen) atoms.